The number of hydrogen-bond acceptors (Lipinski definition) is 2. The molecule has 1 amide bonds. The molecule has 1 saturated carbocycles. The summed E-state index contributed by atoms with van der Waals surface area (Å²) in [5, 5.41) is 12.1. The van der Waals surface area contributed by atoms with E-state index in [1.807, 2.05) is 0 Å². The first-order valence-corrected chi connectivity index (χ1v) is 6.51. The Morgan fingerprint density at radius 1 is 1.31 bits per heavy atom. The fourth-order valence-corrected chi connectivity index (χ4v) is 2.34. The molecule has 1 rings (SSSR count). The Kier molecular flexibility index (Phi) is 5.26. The molecule has 0 aromatic rings. The molecule has 0 saturated heterocycles. The topological polar surface area (TPSA) is 49.3 Å². The average Bonchev–Trinajstić information content (AvgIpc) is 2.43. The Labute approximate surface area is 98.6 Å². The van der Waals surface area contributed by atoms with Gasteiger partial charge in [0.15, 0.2) is 0 Å². The summed E-state index contributed by atoms with van der Waals surface area (Å²) < 4.78 is 0. The maximum Gasteiger partial charge on any atom is 0.225 e. The molecule has 1 unspecified atom stereocenters. The molecule has 16 heavy (non-hydrogen) atoms. The van der Waals surface area contributed by atoms with Crippen molar-refractivity contribution in [1.29, 1.82) is 0 Å². The second-order valence-electron chi connectivity index (χ2n) is 5.37. The largest absolute Gasteiger partial charge is 0.393 e. The summed E-state index contributed by atoms with van der Waals surface area (Å²) in [6, 6.07) is 0. The number of nitrogens with one attached hydrogen (secondary N) is 1. The predicted octanol–water partition coefficient (Wildman–Crippen LogP) is 2.23. The van der Waals surface area contributed by atoms with Gasteiger partial charge in [0.25, 0.3) is 0 Å². The number of aliphatic hydroxyl groups is 1. The van der Waals surface area contributed by atoms with Crippen molar-refractivity contribution in [2.45, 2.75) is 64.9 Å². The maximum absolute atomic E-state index is 12.1. The zero-order valence-electron chi connectivity index (χ0n) is 10.6. The van der Waals surface area contributed by atoms with E-state index in [9.17, 15) is 4.79 Å². The zero-order valence-corrected chi connectivity index (χ0v) is 10.6. The summed E-state index contributed by atoms with van der Waals surface area (Å²) in [5.74, 6) is 0.176. The molecule has 3 heteroatoms. The molecule has 0 aliphatic heterocycles. The summed E-state index contributed by atoms with van der Waals surface area (Å²) >= 11 is 0. The lowest BCUT2D eigenvalue weighted by molar-refractivity contribution is -0.131. The second-order valence-corrected chi connectivity index (χ2v) is 5.37. The monoisotopic (exact) mass is 227 g/mol. The highest BCUT2D eigenvalue weighted by Crippen LogP contribution is 2.34. The standard InChI is InChI=1S/C13H25NO2/c1-11(15)7-10-14-12(16)13(2)8-5-3-4-6-9-13/h11,15H,3-10H2,1-2H3,(H,14,16). The zero-order chi connectivity index (χ0) is 12.0. The normalized spacial score (nSPS) is 22.2. The van der Waals surface area contributed by atoms with E-state index < -0.39 is 0 Å². The summed E-state index contributed by atoms with van der Waals surface area (Å²) in [4.78, 5) is 12.1. The van der Waals surface area contributed by atoms with Gasteiger partial charge in [0.1, 0.15) is 0 Å². The minimum absolute atomic E-state index is 0.171. The van der Waals surface area contributed by atoms with Crippen LogP contribution in [0.25, 0.3) is 0 Å². The van der Waals surface area contributed by atoms with E-state index in [0.29, 0.717) is 13.0 Å². The molecular weight excluding hydrogens is 202 g/mol. The van der Waals surface area contributed by atoms with Crippen LogP contribution in [0.3, 0.4) is 0 Å². The summed E-state index contributed by atoms with van der Waals surface area (Å²) in [7, 11) is 0. The van der Waals surface area contributed by atoms with E-state index in [1.54, 1.807) is 6.92 Å². The van der Waals surface area contributed by atoms with Crippen molar-refractivity contribution in [3.8, 4) is 0 Å². The quantitative estimate of drug-likeness (QED) is 0.724. The number of aliphatic hydroxyl groups excluding tert-OH is 1. The molecule has 1 fully saturated rings. The summed E-state index contributed by atoms with van der Waals surface area (Å²) in [6.07, 6.45) is 7.18. The van der Waals surface area contributed by atoms with Gasteiger partial charge in [0.2, 0.25) is 5.91 Å². The van der Waals surface area contributed by atoms with E-state index in [0.717, 1.165) is 12.8 Å². The van der Waals surface area contributed by atoms with Crippen molar-refractivity contribution in [2.75, 3.05) is 6.54 Å². The fraction of sp³-hybridized carbons (Fsp3) is 0.923. The molecule has 0 spiro atoms. The molecular formula is C13H25NO2. The van der Waals surface area contributed by atoms with Crippen LogP contribution in [-0.4, -0.2) is 23.7 Å². The van der Waals surface area contributed by atoms with Gasteiger partial charge in [-0.3, -0.25) is 4.79 Å². The van der Waals surface area contributed by atoms with Gasteiger partial charge in [-0.1, -0.05) is 32.6 Å². The van der Waals surface area contributed by atoms with Crippen LogP contribution in [0.2, 0.25) is 0 Å². The van der Waals surface area contributed by atoms with Crippen molar-refractivity contribution in [3.05, 3.63) is 0 Å². The maximum atomic E-state index is 12.1. The van der Waals surface area contributed by atoms with Gasteiger partial charge >= 0.3 is 0 Å². The molecule has 0 radical (unpaired) electrons. The third-order valence-corrected chi connectivity index (χ3v) is 3.60. The summed E-state index contributed by atoms with van der Waals surface area (Å²) in [5.41, 5.74) is -0.171. The van der Waals surface area contributed by atoms with E-state index in [2.05, 4.69) is 12.2 Å². The predicted molar refractivity (Wildman–Crippen MR) is 65.1 cm³/mol. The van der Waals surface area contributed by atoms with Crippen molar-refractivity contribution >= 4 is 5.91 Å². The Bertz CT molecular complexity index is 218. The van der Waals surface area contributed by atoms with Crippen molar-refractivity contribution in [2.24, 2.45) is 5.41 Å². The van der Waals surface area contributed by atoms with E-state index in [-0.39, 0.29) is 17.4 Å². The molecule has 1 atom stereocenters. The number of hydrogen-bond donors (Lipinski definition) is 2. The lowest BCUT2D eigenvalue weighted by Crippen LogP contribution is -2.39. The molecule has 0 heterocycles. The van der Waals surface area contributed by atoms with Crippen molar-refractivity contribution < 1.29 is 9.90 Å². The lowest BCUT2D eigenvalue weighted by atomic mass is 9.81. The third-order valence-electron chi connectivity index (χ3n) is 3.60. The van der Waals surface area contributed by atoms with Crippen LogP contribution >= 0.6 is 0 Å². The van der Waals surface area contributed by atoms with Crippen LogP contribution in [-0.2, 0) is 4.79 Å². The van der Waals surface area contributed by atoms with Gasteiger partial charge < -0.3 is 10.4 Å². The molecule has 2 N–H and O–H groups in total. The Morgan fingerprint density at radius 3 is 2.38 bits per heavy atom. The SMILES string of the molecule is CC(O)CCNC(=O)C1(C)CCCCCC1. The first-order chi connectivity index (χ1) is 7.54. The molecule has 3 nitrogen and oxygen atoms in total. The first kappa shape index (κ1) is 13.5. The first-order valence-electron chi connectivity index (χ1n) is 6.51. The van der Waals surface area contributed by atoms with Crippen molar-refractivity contribution in [3.63, 3.8) is 0 Å². The van der Waals surface area contributed by atoms with E-state index >= 15 is 0 Å². The highest BCUT2D eigenvalue weighted by atomic mass is 16.3. The van der Waals surface area contributed by atoms with Gasteiger partial charge in [-0.25, -0.2) is 0 Å². The van der Waals surface area contributed by atoms with Crippen LogP contribution in [0.4, 0.5) is 0 Å². The van der Waals surface area contributed by atoms with Gasteiger partial charge in [0.05, 0.1) is 6.10 Å². The Morgan fingerprint density at radius 2 is 1.88 bits per heavy atom. The van der Waals surface area contributed by atoms with Gasteiger partial charge in [0, 0.05) is 12.0 Å². The average molecular weight is 227 g/mol. The van der Waals surface area contributed by atoms with Crippen LogP contribution in [0.1, 0.15) is 58.8 Å². The number of rotatable bonds is 4. The molecule has 94 valence electrons. The van der Waals surface area contributed by atoms with Crippen molar-refractivity contribution in [1.82, 2.24) is 5.32 Å². The minimum Gasteiger partial charge on any atom is -0.393 e. The van der Waals surface area contributed by atoms with Crippen LogP contribution in [0.15, 0.2) is 0 Å². The smallest absolute Gasteiger partial charge is 0.225 e. The molecule has 0 aromatic carbocycles. The summed E-state index contributed by atoms with van der Waals surface area (Å²) in [6.45, 7) is 4.42. The highest BCUT2D eigenvalue weighted by molar-refractivity contribution is 5.82. The van der Waals surface area contributed by atoms with Gasteiger partial charge in [-0.2, -0.15) is 0 Å². The molecule has 0 aromatic heterocycles. The lowest BCUT2D eigenvalue weighted by Gasteiger charge is -2.26. The molecule has 1 aliphatic carbocycles. The van der Waals surface area contributed by atoms with Gasteiger partial charge in [-0.15, -0.1) is 0 Å². The number of carbonyl (C=O) groups is 1. The molecule has 1 aliphatic rings. The van der Waals surface area contributed by atoms with Gasteiger partial charge in [-0.05, 0) is 26.2 Å². The molecule has 0 bridgehead atoms. The van der Waals surface area contributed by atoms with Crippen LogP contribution in [0, 0.1) is 5.41 Å². The Balaban J connectivity index is 2.37. The fourth-order valence-electron chi connectivity index (χ4n) is 2.34. The number of carbonyl (C=O) groups excluding carboxylic acids is 1. The second kappa shape index (κ2) is 6.24. The van der Waals surface area contributed by atoms with E-state index in [1.165, 1.54) is 25.7 Å². The van der Waals surface area contributed by atoms with E-state index in [4.69, 9.17) is 5.11 Å². The minimum atomic E-state index is -0.331. The Hall–Kier alpha value is -0.570. The third kappa shape index (κ3) is 4.12. The number of amides is 1. The van der Waals surface area contributed by atoms with Crippen LogP contribution < -0.4 is 5.32 Å². The highest BCUT2D eigenvalue weighted by Gasteiger charge is 2.32. The van der Waals surface area contributed by atoms with Crippen LogP contribution in [0.5, 0.6) is 0 Å².